The van der Waals surface area contributed by atoms with Crippen molar-refractivity contribution in [3.63, 3.8) is 0 Å². The fourth-order valence-corrected chi connectivity index (χ4v) is 4.45. The number of nitrogens with one attached hydrogen (secondary N) is 1. The van der Waals surface area contributed by atoms with E-state index in [4.69, 9.17) is 9.47 Å². The van der Waals surface area contributed by atoms with Gasteiger partial charge in [-0.05, 0) is 54.1 Å². The third-order valence-corrected chi connectivity index (χ3v) is 6.29. The van der Waals surface area contributed by atoms with E-state index in [-0.39, 0.29) is 30.4 Å². The van der Waals surface area contributed by atoms with Crippen LogP contribution in [-0.2, 0) is 0 Å². The molecule has 0 radical (unpaired) electrons. The summed E-state index contributed by atoms with van der Waals surface area (Å²) in [5.41, 5.74) is 1.99. The number of ether oxygens (including phenoxy) is 2. The molecular formula is C26H25F2N3O3. The zero-order valence-electron chi connectivity index (χ0n) is 18.5. The molecular weight excluding hydrogens is 440 g/mol. The van der Waals surface area contributed by atoms with Crippen molar-refractivity contribution in [2.24, 2.45) is 0 Å². The van der Waals surface area contributed by atoms with Crippen LogP contribution in [0.1, 0.15) is 22.0 Å². The number of hydrogen-bond acceptors (Lipinski definition) is 5. The molecule has 1 N–H and O–H groups in total. The minimum Gasteiger partial charge on any atom is -0.454 e. The second-order valence-electron chi connectivity index (χ2n) is 8.32. The van der Waals surface area contributed by atoms with Crippen LogP contribution in [0.25, 0.3) is 0 Å². The van der Waals surface area contributed by atoms with Gasteiger partial charge in [-0.2, -0.15) is 0 Å². The molecule has 0 saturated carbocycles. The van der Waals surface area contributed by atoms with Crippen LogP contribution < -0.4 is 19.7 Å². The first-order valence-corrected chi connectivity index (χ1v) is 11.3. The summed E-state index contributed by atoms with van der Waals surface area (Å²) < 4.78 is 38.5. The first kappa shape index (κ1) is 22.2. The molecule has 34 heavy (non-hydrogen) atoms. The molecule has 176 valence electrons. The molecule has 3 aromatic rings. The summed E-state index contributed by atoms with van der Waals surface area (Å²) in [6.07, 6.45) is 0. The lowest BCUT2D eigenvalue weighted by molar-refractivity contribution is 0.0930. The zero-order chi connectivity index (χ0) is 23.5. The Morgan fingerprint density at radius 3 is 2.41 bits per heavy atom. The number of carbonyl (C=O) groups is 1. The lowest BCUT2D eigenvalue weighted by Gasteiger charge is -2.40. The van der Waals surface area contributed by atoms with Crippen LogP contribution in [0.2, 0.25) is 0 Å². The second kappa shape index (κ2) is 9.69. The fraction of sp³-hybridized carbons (Fsp3) is 0.269. The summed E-state index contributed by atoms with van der Waals surface area (Å²) >= 11 is 0. The van der Waals surface area contributed by atoms with Crippen LogP contribution in [0, 0.1) is 11.6 Å². The molecule has 0 bridgehead atoms. The highest BCUT2D eigenvalue weighted by molar-refractivity contribution is 5.94. The molecule has 2 aliphatic heterocycles. The van der Waals surface area contributed by atoms with Gasteiger partial charge in [0.1, 0.15) is 11.6 Å². The predicted octanol–water partition coefficient (Wildman–Crippen LogP) is 3.99. The zero-order valence-corrected chi connectivity index (χ0v) is 18.5. The number of anilines is 1. The largest absolute Gasteiger partial charge is 0.454 e. The molecule has 8 heteroatoms. The van der Waals surface area contributed by atoms with Gasteiger partial charge in [0.15, 0.2) is 11.5 Å². The number of para-hydroxylation sites is 1. The molecule has 1 amide bonds. The topological polar surface area (TPSA) is 54.0 Å². The van der Waals surface area contributed by atoms with Gasteiger partial charge in [0.25, 0.3) is 5.91 Å². The summed E-state index contributed by atoms with van der Waals surface area (Å²) in [6.45, 7) is 3.25. The maximum Gasteiger partial charge on any atom is 0.251 e. The molecule has 2 heterocycles. The van der Waals surface area contributed by atoms with Gasteiger partial charge in [0.2, 0.25) is 6.79 Å². The van der Waals surface area contributed by atoms with Crippen molar-refractivity contribution in [3.05, 3.63) is 89.5 Å². The molecule has 6 nitrogen and oxygen atoms in total. The minimum atomic E-state index is -0.387. The van der Waals surface area contributed by atoms with Gasteiger partial charge in [0.05, 0.1) is 11.7 Å². The SMILES string of the molecule is O=C(NC[C@@H](c1ccc2c(c1)OCO2)N1CCN(c2ccccc2F)CC1)c1ccc(F)cc1. The van der Waals surface area contributed by atoms with Crippen molar-refractivity contribution in [2.75, 3.05) is 44.4 Å². The molecule has 1 saturated heterocycles. The van der Waals surface area contributed by atoms with Crippen LogP contribution >= 0.6 is 0 Å². The van der Waals surface area contributed by atoms with E-state index in [9.17, 15) is 13.6 Å². The van der Waals surface area contributed by atoms with E-state index in [0.29, 0.717) is 55.5 Å². The number of amides is 1. The Kier molecular flexibility index (Phi) is 6.31. The van der Waals surface area contributed by atoms with E-state index >= 15 is 0 Å². The standard InChI is InChI=1S/C26H25F2N3O3/c27-20-8-5-18(6-9-20)26(32)29-16-23(19-7-10-24-25(15-19)34-17-33-24)31-13-11-30(12-14-31)22-4-2-1-3-21(22)28/h1-10,15,23H,11-14,16-17H2,(H,29,32)/t23-/m0/s1. The smallest absolute Gasteiger partial charge is 0.251 e. The van der Waals surface area contributed by atoms with Crippen LogP contribution in [0.5, 0.6) is 11.5 Å². The van der Waals surface area contributed by atoms with E-state index in [1.54, 1.807) is 12.1 Å². The minimum absolute atomic E-state index is 0.123. The van der Waals surface area contributed by atoms with Crippen molar-refractivity contribution < 1.29 is 23.0 Å². The van der Waals surface area contributed by atoms with Crippen LogP contribution in [0.3, 0.4) is 0 Å². The highest BCUT2D eigenvalue weighted by Crippen LogP contribution is 2.36. The molecule has 2 aliphatic rings. The maximum atomic E-state index is 14.3. The van der Waals surface area contributed by atoms with E-state index < -0.39 is 0 Å². The highest BCUT2D eigenvalue weighted by atomic mass is 19.1. The van der Waals surface area contributed by atoms with Crippen LogP contribution in [0.15, 0.2) is 66.7 Å². The Bertz CT molecular complexity index is 1160. The van der Waals surface area contributed by atoms with E-state index in [0.717, 1.165) is 5.56 Å². The summed E-state index contributed by atoms with van der Waals surface area (Å²) in [6, 6.07) is 17.9. The van der Waals surface area contributed by atoms with Gasteiger partial charge in [0, 0.05) is 38.3 Å². The van der Waals surface area contributed by atoms with E-state index in [2.05, 4.69) is 10.2 Å². The number of fused-ring (bicyclic) bond motifs is 1. The molecule has 1 fully saturated rings. The third kappa shape index (κ3) is 4.68. The van der Waals surface area contributed by atoms with Crippen LogP contribution in [-0.4, -0.2) is 50.3 Å². The summed E-state index contributed by atoms with van der Waals surface area (Å²) in [5.74, 6) is 0.493. The summed E-state index contributed by atoms with van der Waals surface area (Å²) in [5, 5.41) is 2.99. The highest BCUT2D eigenvalue weighted by Gasteiger charge is 2.28. The average Bonchev–Trinajstić information content (AvgIpc) is 3.33. The van der Waals surface area contributed by atoms with E-state index in [1.165, 1.54) is 30.3 Å². The Hall–Kier alpha value is -3.65. The number of benzene rings is 3. The number of nitrogens with zero attached hydrogens (tertiary/aromatic N) is 2. The molecule has 0 spiro atoms. The van der Waals surface area contributed by atoms with Crippen molar-refractivity contribution in [3.8, 4) is 11.5 Å². The lowest BCUT2D eigenvalue weighted by Crippen LogP contribution is -2.50. The van der Waals surface area contributed by atoms with E-state index in [1.807, 2.05) is 29.2 Å². The van der Waals surface area contributed by atoms with Crippen molar-refractivity contribution in [1.82, 2.24) is 10.2 Å². The molecule has 0 aromatic heterocycles. The number of hydrogen-bond donors (Lipinski definition) is 1. The number of carbonyl (C=O) groups excluding carboxylic acids is 1. The Labute approximate surface area is 196 Å². The van der Waals surface area contributed by atoms with Gasteiger partial charge in [-0.15, -0.1) is 0 Å². The normalized spacial score (nSPS) is 16.4. The monoisotopic (exact) mass is 465 g/mol. The van der Waals surface area contributed by atoms with Gasteiger partial charge in [-0.3, -0.25) is 9.69 Å². The van der Waals surface area contributed by atoms with Gasteiger partial charge < -0.3 is 19.7 Å². The fourth-order valence-electron chi connectivity index (χ4n) is 4.45. The van der Waals surface area contributed by atoms with Crippen molar-refractivity contribution in [2.45, 2.75) is 6.04 Å². The van der Waals surface area contributed by atoms with Gasteiger partial charge in [-0.1, -0.05) is 18.2 Å². The maximum absolute atomic E-state index is 14.3. The van der Waals surface area contributed by atoms with Crippen molar-refractivity contribution >= 4 is 11.6 Å². The predicted molar refractivity (Wildman–Crippen MR) is 124 cm³/mol. The summed E-state index contributed by atoms with van der Waals surface area (Å²) in [7, 11) is 0. The number of rotatable bonds is 6. The van der Waals surface area contributed by atoms with Crippen molar-refractivity contribution in [1.29, 1.82) is 0 Å². The quantitative estimate of drug-likeness (QED) is 0.597. The molecule has 3 aromatic carbocycles. The number of halogens is 2. The average molecular weight is 466 g/mol. The Morgan fingerprint density at radius 2 is 1.65 bits per heavy atom. The molecule has 0 aliphatic carbocycles. The first-order chi connectivity index (χ1) is 16.6. The Morgan fingerprint density at radius 1 is 0.912 bits per heavy atom. The first-order valence-electron chi connectivity index (χ1n) is 11.3. The molecule has 1 atom stereocenters. The molecule has 5 rings (SSSR count). The Balaban J connectivity index is 1.32. The van der Waals surface area contributed by atoms with Gasteiger partial charge in [-0.25, -0.2) is 8.78 Å². The van der Waals surface area contributed by atoms with Crippen LogP contribution in [0.4, 0.5) is 14.5 Å². The third-order valence-electron chi connectivity index (χ3n) is 6.29. The van der Waals surface area contributed by atoms with Gasteiger partial charge >= 0.3 is 0 Å². The molecule has 0 unspecified atom stereocenters. The lowest BCUT2D eigenvalue weighted by atomic mass is 10.0. The number of piperazine rings is 1. The second-order valence-corrected chi connectivity index (χ2v) is 8.32. The summed E-state index contributed by atoms with van der Waals surface area (Å²) in [4.78, 5) is 17.0.